The van der Waals surface area contributed by atoms with Crippen molar-refractivity contribution in [3.05, 3.63) is 52.3 Å². The lowest BCUT2D eigenvalue weighted by Crippen LogP contribution is -2.25. The molecule has 1 aromatic heterocycles. The zero-order chi connectivity index (χ0) is 22.5. The molecule has 0 radical (unpaired) electrons. The molecule has 3 aliphatic rings. The summed E-state index contributed by atoms with van der Waals surface area (Å²) in [5.74, 6) is 0.132. The summed E-state index contributed by atoms with van der Waals surface area (Å²) in [5.41, 5.74) is 3.96. The van der Waals surface area contributed by atoms with Crippen LogP contribution in [0, 0.1) is 5.92 Å². The van der Waals surface area contributed by atoms with Crippen LogP contribution in [0.15, 0.2) is 34.0 Å². The molecule has 1 saturated carbocycles. The van der Waals surface area contributed by atoms with E-state index in [0.29, 0.717) is 30.4 Å². The number of sulfone groups is 1. The Morgan fingerprint density at radius 2 is 2.09 bits per heavy atom. The summed E-state index contributed by atoms with van der Waals surface area (Å²) in [6, 6.07) is 5.69. The fourth-order valence-corrected chi connectivity index (χ4v) is 6.45. The van der Waals surface area contributed by atoms with Crippen molar-refractivity contribution in [3.8, 4) is 0 Å². The Morgan fingerprint density at radius 1 is 1.28 bits per heavy atom. The average molecular weight is 459 g/mol. The van der Waals surface area contributed by atoms with Gasteiger partial charge in [-0.25, -0.2) is 8.42 Å². The number of rotatable bonds is 8. The van der Waals surface area contributed by atoms with Crippen molar-refractivity contribution in [1.82, 2.24) is 0 Å². The smallest absolute Gasteiger partial charge is 0.218 e. The summed E-state index contributed by atoms with van der Waals surface area (Å²) in [4.78, 5) is 13.0. The Morgan fingerprint density at radius 3 is 2.81 bits per heavy atom. The monoisotopic (exact) mass is 458 g/mol. The van der Waals surface area contributed by atoms with Crippen molar-refractivity contribution >= 4 is 15.6 Å². The number of carbonyl (C=O) groups excluding carboxylic acids is 1. The molecule has 2 aromatic rings. The molecule has 2 heterocycles. The number of aryl methyl sites for hydroxylation is 1. The second-order valence-corrected chi connectivity index (χ2v) is 11.6. The standard InChI is InChI=1S/C25H30O6S/c1-16(17-5-6-17)21-8-7-18-3-2-4-22(18)23(21)12-20(26)14-32(28,29)24-11-19(13-31-24)25(27)9-10-30-15-25/h7-8,11,13,16-17,27H,2-6,9-10,12,14-15H2,1H3/t16-,25?/m0/s1. The lowest BCUT2D eigenvalue weighted by Gasteiger charge is -2.19. The van der Waals surface area contributed by atoms with Crippen LogP contribution in [-0.2, 0) is 44.2 Å². The number of ketones is 1. The van der Waals surface area contributed by atoms with Gasteiger partial charge < -0.3 is 14.3 Å². The Hall–Kier alpha value is -1.96. The third-order valence-electron chi connectivity index (χ3n) is 7.40. The van der Waals surface area contributed by atoms with E-state index in [1.807, 2.05) is 0 Å². The second kappa shape index (κ2) is 8.12. The van der Waals surface area contributed by atoms with Gasteiger partial charge in [-0.15, -0.1) is 0 Å². The van der Waals surface area contributed by atoms with Gasteiger partial charge in [-0.3, -0.25) is 4.79 Å². The topological polar surface area (TPSA) is 93.8 Å². The first-order valence-corrected chi connectivity index (χ1v) is 13.2. The lowest BCUT2D eigenvalue weighted by atomic mass is 9.86. The van der Waals surface area contributed by atoms with Gasteiger partial charge in [0.2, 0.25) is 14.9 Å². The van der Waals surface area contributed by atoms with Crippen LogP contribution >= 0.6 is 0 Å². The quantitative estimate of drug-likeness (QED) is 0.651. The highest BCUT2D eigenvalue weighted by Crippen LogP contribution is 2.44. The first-order chi connectivity index (χ1) is 15.3. The molecule has 0 amide bonds. The predicted molar refractivity (Wildman–Crippen MR) is 118 cm³/mol. The number of benzene rings is 1. The molecule has 1 N–H and O–H groups in total. The molecule has 6 nitrogen and oxygen atoms in total. The predicted octanol–water partition coefficient (Wildman–Crippen LogP) is 3.48. The van der Waals surface area contributed by atoms with Gasteiger partial charge in [-0.2, -0.15) is 0 Å². The Balaban J connectivity index is 1.36. The highest BCUT2D eigenvalue weighted by molar-refractivity contribution is 7.92. The van der Waals surface area contributed by atoms with E-state index in [0.717, 1.165) is 24.8 Å². The van der Waals surface area contributed by atoms with Crippen LogP contribution in [0.1, 0.15) is 66.3 Å². The van der Waals surface area contributed by atoms with Gasteiger partial charge in [-0.1, -0.05) is 19.1 Å². The summed E-state index contributed by atoms with van der Waals surface area (Å²) in [6.07, 6.45) is 7.28. The third-order valence-corrected chi connectivity index (χ3v) is 8.93. The minimum Gasteiger partial charge on any atom is -0.453 e. The molecule has 0 bridgehead atoms. The number of hydrogen-bond acceptors (Lipinski definition) is 6. The number of Topliss-reactive ketones (excluding diaryl/α,β-unsaturated/α-hetero) is 1. The van der Waals surface area contributed by atoms with Crippen LogP contribution in [0.4, 0.5) is 0 Å². The molecular formula is C25H30O6S. The van der Waals surface area contributed by atoms with E-state index in [2.05, 4.69) is 19.1 Å². The molecule has 5 rings (SSSR count). The molecule has 32 heavy (non-hydrogen) atoms. The van der Waals surface area contributed by atoms with E-state index in [1.54, 1.807) is 0 Å². The summed E-state index contributed by atoms with van der Waals surface area (Å²) >= 11 is 0. The van der Waals surface area contributed by atoms with Crippen LogP contribution in [0.5, 0.6) is 0 Å². The Labute approximate surface area is 188 Å². The molecule has 172 valence electrons. The maximum Gasteiger partial charge on any atom is 0.218 e. The minimum absolute atomic E-state index is 0.103. The van der Waals surface area contributed by atoms with Gasteiger partial charge in [0, 0.05) is 31.1 Å². The molecule has 1 aromatic carbocycles. The number of ether oxygens (including phenoxy) is 1. The SMILES string of the molecule is C[C@H](c1ccc2c(c1CC(=O)CS(=O)(=O)c1cc(C3(O)CCOC3)co1)CCC2)C1CC1. The van der Waals surface area contributed by atoms with Gasteiger partial charge in [0.15, 0.2) is 5.78 Å². The Bertz CT molecular complexity index is 1140. The van der Waals surface area contributed by atoms with E-state index >= 15 is 0 Å². The van der Waals surface area contributed by atoms with Crippen molar-refractivity contribution in [3.63, 3.8) is 0 Å². The molecule has 2 fully saturated rings. The number of carbonyl (C=O) groups is 1. The van der Waals surface area contributed by atoms with E-state index < -0.39 is 21.2 Å². The van der Waals surface area contributed by atoms with E-state index in [1.165, 1.54) is 41.9 Å². The second-order valence-electron chi connectivity index (χ2n) is 9.71. The molecule has 7 heteroatoms. The van der Waals surface area contributed by atoms with Crippen LogP contribution < -0.4 is 0 Å². The van der Waals surface area contributed by atoms with Crippen LogP contribution in [-0.4, -0.2) is 38.3 Å². The summed E-state index contributed by atoms with van der Waals surface area (Å²) in [5, 5.41) is 10.3. The maximum atomic E-state index is 13.0. The lowest BCUT2D eigenvalue weighted by molar-refractivity contribution is -0.116. The zero-order valence-corrected chi connectivity index (χ0v) is 19.2. The molecule has 0 spiro atoms. The Kier molecular flexibility index (Phi) is 5.55. The third kappa shape index (κ3) is 4.06. The fraction of sp³-hybridized carbons (Fsp3) is 0.560. The van der Waals surface area contributed by atoms with E-state index in [9.17, 15) is 18.3 Å². The van der Waals surface area contributed by atoms with Gasteiger partial charge in [0.1, 0.15) is 11.4 Å². The molecule has 1 aliphatic heterocycles. The highest BCUT2D eigenvalue weighted by atomic mass is 32.2. The van der Waals surface area contributed by atoms with Crippen molar-refractivity contribution in [2.24, 2.45) is 5.92 Å². The van der Waals surface area contributed by atoms with Crippen LogP contribution in [0.3, 0.4) is 0 Å². The van der Waals surface area contributed by atoms with Crippen LogP contribution in [0.25, 0.3) is 0 Å². The number of furan rings is 1. The molecular weight excluding hydrogens is 428 g/mol. The summed E-state index contributed by atoms with van der Waals surface area (Å²) in [6.45, 7) is 2.73. The molecule has 1 saturated heterocycles. The van der Waals surface area contributed by atoms with Crippen molar-refractivity contribution in [2.45, 2.75) is 68.5 Å². The van der Waals surface area contributed by atoms with Gasteiger partial charge >= 0.3 is 0 Å². The first kappa shape index (κ1) is 21.9. The fourth-order valence-electron chi connectivity index (χ4n) is 5.28. The summed E-state index contributed by atoms with van der Waals surface area (Å²) < 4.78 is 36.3. The number of hydrogen-bond donors (Lipinski definition) is 1. The number of aliphatic hydroxyl groups is 1. The van der Waals surface area contributed by atoms with Crippen LogP contribution in [0.2, 0.25) is 0 Å². The van der Waals surface area contributed by atoms with Crippen molar-refractivity contribution < 1.29 is 27.5 Å². The molecule has 1 unspecified atom stereocenters. The first-order valence-electron chi connectivity index (χ1n) is 11.5. The largest absolute Gasteiger partial charge is 0.453 e. The maximum absolute atomic E-state index is 13.0. The normalized spacial score (nSPS) is 23.9. The van der Waals surface area contributed by atoms with Gasteiger partial charge in [0.05, 0.1) is 12.9 Å². The molecule has 2 aliphatic carbocycles. The summed E-state index contributed by atoms with van der Waals surface area (Å²) in [7, 11) is -3.93. The van der Waals surface area contributed by atoms with Gasteiger partial charge in [-0.05, 0) is 66.2 Å². The van der Waals surface area contributed by atoms with Crippen molar-refractivity contribution in [1.29, 1.82) is 0 Å². The molecule has 2 atom stereocenters. The zero-order valence-electron chi connectivity index (χ0n) is 18.4. The van der Waals surface area contributed by atoms with Crippen molar-refractivity contribution in [2.75, 3.05) is 19.0 Å². The van der Waals surface area contributed by atoms with E-state index in [-0.39, 0.29) is 23.9 Å². The highest BCUT2D eigenvalue weighted by Gasteiger charge is 2.37. The minimum atomic E-state index is -3.93. The number of fused-ring (bicyclic) bond motifs is 1. The van der Waals surface area contributed by atoms with Gasteiger partial charge in [0.25, 0.3) is 0 Å². The average Bonchev–Trinajstić information content (AvgIpc) is 3.13. The van der Waals surface area contributed by atoms with E-state index in [4.69, 9.17) is 9.15 Å².